The normalized spacial score (nSPS) is 14.5. The molecule has 1 N–H and O–H groups in total. The minimum absolute atomic E-state index is 0.926. The highest BCUT2D eigenvalue weighted by atomic mass is 14.9. The van der Waals surface area contributed by atoms with Crippen molar-refractivity contribution in [2.75, 3.05) is 0 Å². The molecule has 0 fully saturated rings. The summed E-state index contributed by atoms with van der Waals surface area (Å²) in [6.07, 6.45) is 8.64. The number of benzene rings is 1. The molecule has 3 nitrogen and oxygen atoms in total. The van der Waals surface area contributed by atoms with Gasteiger partial charge in [-0.05, 0) is 48.9 Å². The second-order valence-electron chi connectivity index (χ2n) is 5.17. The number of nitrogens with zero attached hydrogens (tertiary/aromatic N) is 2. The van der Waals surface area contributed by atoms with E-state index in [0.717, 1.165) is 16.9 Å². The predicted molar refractivity (Wildman–Crippen MR) is 76.0 cm³/mol. The van der Waals surface area contributed by atoms with Crippen molar-refractivity contribution in [1.29, 1.82) is 0 Å². The summed E-state index contributed by atoms with van der Waals surface area (Å²) in [7, 11) is 0. The van der Waals surface area contributed by atoms with Crippen LogP contribution in [0.25, 0.3) is 22.4 Å². The van der Waals surface area contributed by atoms with Crippen molar-refractivity contribution in [3.8, 4) is 11.4 Å². The van der Waals surface area contributed by atoms with Crippen LogP contribution in [0.2, 0.25) is 0 Å². The van der Waals surface area contributed by atoms with Gasteiger partial charge in [-0.15, -0.1) is 0 Å². The van der Waals surface area contributed by atoms with Crippen LogP contribution in [0.3, 0.4) is 0 Å². The highest BCUT2D eigenvalue weighted by molar-refractivity contribution is 5.78. The Balaban J connectivity index is 1.83. The molecule has 1 aliphatic rings. The molecular weight excluding hydrogens is 234 g/mol. The fourth-order valence-corrected chi connectivity index (χ4v) is 2.87. The average Bonchev–Trinajstić information content (AvgIpc) is 2.90. The number of nitrogens with one attached hydrogen (secondary N) is 1. The number of hydrogen-bond acceptors (Lipinski definition) is 2. The highest BCUT2D eigenvalue weighted by Crippen LogP contribution is 2.27. The zero-order valence-corrected chi connectivity index (χ0v) is 10.7. The third-order valence-corrected chi connectivity index (χ3v) is 3.91. The molecule has 0 spiro atoms. The number of aromatic nitrogens is 3. The number of pyridine rings is 1. The third kappa shape index (κ3) is 1.82. The van der Waals surface area contributed by atoms with Gasteiger partial charge in [0.15, 0.2) is 0 Å². The van der Waals surface area contributed by atoms with Gasteiger partial charge in [0.2, 0.25) is 0 Å². The first kappa shape index (κ1) is 10.7. The summed E-state index contributed by atoms with van der Waals surface area (Å²) in [5.41, 5.74) is 6.14. The van der Waals surface area contributed by atoms with E-state index in [1.807, 2.05) is 6.07 Å². The molecule has 0 radical (unpaired) electrons. The summed E-state index contributed by atoms with van der Waals surface area (Å²) in [5, 5.41) is 0. The molecule has 0 amide bonds. The molecule has 3 aromatic rings. The molecule has 2 heterocycles. The maximum Gasteiger partial charge on any atom is 0.138 e. The molecule has 94 valence electrons. The Labute approximate surface area is 111 Å². The maximum atomic E-state index is 4.61. The predicted octanol–water partition coefficient (Wildman–Crippen LogP) is 3.50. The summed E-state index contributed by atoms with van der Waals surface area (Å²) in [6, 6.07) is 8.69. The van der Waals surface area contributed by atoms with Crippen LogP contribution in [0.1, 0.15) is 24.0 Å². The van der Waals surface area contributed by atoms with E-state index in [0.29, 0.717) is 0 Å². The van der Waals surface area contributed by atoms with E-state index < -0.39 is 0 Å². The van der Waals surface area contributed by atoms with E-state index in [9.17, 15) is 0 Å². The van der Waals surface area contributed by atoms with Gasteiger partial charge in [0.1, 0.15) is 11.3 Å². The molecule has 0 bridgehead atoms. The van der Waals surface area contributed by atoms with Gasteiger partial charge in [-0.25, -0.2) is 4.98 Å². The van der Waals surface area contributed by atoms with Crippen molar-refractivity contribution in [2.45, 2.75) is 25.7 Å². The highest BCUT2D eigenvalue weighted by Gasteiger charge is 2.11. The summed E-state index contributed by atoms with van der Waals surface area (Å²) < 4.78 is 0. The molecule has 1 aromatic carbocycles. The molecule has 0 saturated heterocycles. The number of H-pyrrole nitrogens is 1. The fourth-order valence-electron chi connectivity index (χ4n) is 2.87. The fraction of sp³-hybridized carbons (Fsp3) is 0.250. The SMILES string of the molecule is c1cc2[nH]c(-c3ccc4c(c3)CCCC4)nc2cn1. The molecule has 0 saturated carbocycles. The van der Waals surface area contributed by atoms with Gasteiger partial charge in [0, 0.05) is 11.8 Å². The Morgan fingerprint density at radius 2 is 1.89 bits per heavy atom. The van der Waals surface area contributed by atoms with Crippen LogP contribution in [0.15, 0.2) is 36.7 Å². The monoisotopic (exact) mass is 249 g/mol. The Kier molecular flexibility index (Phi) is 2.37. The number of fused-ring (bicyclic) bond motifs is 2. The zero-order valence-electron chi connectivity index (χ0n) is 10.7. The Morgan fingerprint density at radius 3 is 2.79 bits per heavy atom. The topological polar surface area (TPSA) is 41.6 Å². The third-order valence-electron chi connectivity index (χ3n) is 3.91. The number of hydrogen-bond donors (Lipinski definition) is 1. The van der Waals surface area contributed by atoms with Crippen LogP contribution in [-0.2, 0) is 12.8 Å². The second kappa shape index (κ2) is 4.19. The van der Waals surface area contributed by atoms with Crippen LogP contribution >= 0.6 is 0 Å². The van der Waals surface area contributed by atoms with E-state index in [1.54, 1.807) is 12.4 Å². The van der Waals surface area contributed by atoms with Gasteiger partial charge in [-0.1, -0.05) is 12.1 Å². The lowest BCUT2D eigenvalue weighted by Gasteiger charge is -2.15. The molecule has 0 atom stereocenters. The molecule has 19 heavy (non-hydrogen) atoms. The van der Waals surface area contributed by atoms with E-state index in [1.165, 1.54) is 42.4 Å². The quantitative estimate of drug-likeness (QED) is 0.717. The van der Waals surface area contributed by atoms with Crippen molar-refractivity contribution in [3.05, 3.63) is 47.8 Å². The lowest BCUT2D eigenvalue weighted by atomic mass is 9.90. The van der Waals surface area contributed by atoms with Gasteiger partial charge < -0.3 is 4.98 Å². The Morgan fingerprint density at radius 1 is 1.00 bits per heavy atom. The lowest BCUT2D eigenvalue weighted by Crippen LogP contribution is -2.02. The standard InChI is InChI=1S/C16H15N3/c1-2-4-12-9-13(6-5-11(12)3-1)16-18-14-7-8-17-10-15(14)19-16/h5-10H,1-4H2,(H,18,19). The van der Waals surface area contributed by atoms with Gasteiger partial charge in [0.05, 0.1) is 11.7 Å². The number of aromatic amines is 1. The molecule has 4 rings (SSSR count). The van der Waals surface area contributed by atoms with Crippen molar-refractivity contribution in [2.24, 2.45) is 0 Å². The smallest absolute Gasteiger partial charge is 0.138 e. The minimum Gasteiger partial charge on any atom is -0.338 e. The minimum atomic E-state index is 0.926. The first-order valence-corrected chi connectivity index (χ1v) is 6.82. The number of rotatable bonds is 1. The van der Waals surface area contributed by atoms with Gasteiger partial charge in [-0.3, -0.25) is 4.98 Å². The van der Waals surface area contributed by atoms with Crippen LogP contribution in [0, 0.1) is 0 Å². The van der Waals surface area contributed by atoms with Crippen molar-refractivity contribution in [3.63, 3.8) is 0 Å². The van der Waals surface area contributed by atoms with E-state index in [4.69, 9.17) is 0 Å². The molecular formula is C16H15N3. The zero-order chi connectivity index (χ0) is 12.7. The summed E-state index contributed by atoms with van der Waals surface area (Å²) in [5.74, 6) is 0.941. The lowest BCUT2D eigenvalue weighted by molar-refractivity contribution is 0.686. The van der Waals surface area contributed by atoms with Crippen LogP contribution < -0.4 is 0 Å². The number of aryl methyl sites for hydroxylation is 2. The van der Waals surface area contributed by atoms with Gasteiger partial charge >= 0.3 is 0 Å². The second-order valence-corrected chi connectivity index (χ2v) is 5.17. The first-order chi connectivity index (χ1) is 9.40. The largest absolute Gasteiger partial charge is 0.338 e. The van der Waals surface area contributed by atoms with E-state index >= 15 is 0 Å². The van der Waals surface area contributed by atoms with E-state index in [-0.39, 0.29) is 0 Å². The molecule has 2 aromatic heterocycles. The van der Waals surface area contributed by atoms with Crippen molar-refractivity contribution < 1.29 is 0 Å². The van der Waals surface area contributed by atoms with Crippen LogP contribution in [0.5, 0.6) is 0 Å². The van der Waals surface area contributed by atoms with Crippen molar-refractivity contribution >= 4 is 11.0 Å². The van der Waals surface area contributed by atoms with Crippen LogP contribution in [0.4, 0.5) is 0 Å². The first-order valence-electron chi connectivity index (χ1n) is 6.82. The average molecular weight is 249 g/mol. The molecule has 1 aliphatic carbocycles. The molecule has 3 heteroatoms. The summed E-state index contributed by atoms with van der Waals surface area (Å²) in [4.78, 5) is 12.1. The molecule has 0 aliphatic heterocycles. The molecule has 0 unspecified atom stereocenters. The summed E-state index contributed by atoms with van der Waals surface area (Å²) in [6.45, 7) is 0. The maximum absolute atomic E-state index is 4.61. The van der Waals surface area contributed by atoms with Crippen LogP contribution in [-0.4, -0.2) is 15.0 Å². The van der Waals surface area contributed by atoms with E-state index in [2.05, 4.69) is 33.2 Å². The van der Waals surface area contributed by atoms with Gasteiger partial charge in [0.25, 0.3) is 0 Å². The Bertz CT molecular complexity index is 710. The Hall–Kier alpha value is -2.16. The summed E-state index contributed by atoms with van der Waals surface area (Å²) >= 11 is 0. The number of imidazole rings is 1. The van der Waals surface area contributed by atoms with Crippen molar-refractivity contribution in [1.82, 2.24) is 15.0 Å². The van der Waals surface area contributed by atoms with Gasteiger partial charge in [-0.2, -0.15) is 0 Å².